The zero-order valence-electron chi connectivity index (χ0n) is 15.7. The minimum absolute atomic E-state index is 0.0123. The van der Waals surface area contributed by atoms with E-state index in [1.54, 1.807) is 54.1 Å². The van der Waals surface area contributed by atoms with Crippen LogP contribution in [0.3, 0.4) is 0 Å². The Balaban J connectivity index is 1.79. The molecule has 2 aromatic carbocycles. The second kappa shape index (κ2) is 8.31. The van der Waals surface area contributed by atoms with Crippen molar-refractivity contribution in [3.8, 4) is 17.4 Å². The van der Waals surface area contributed by atoms with Crippen molar-refractivity contribution in [2.75, 3.05) is 13.7 Å². The molecule has 0 unspecified atom stereocenters. The molecule has 0 fully saturated rings. The number of rotatable bonds is 6. The van der Waals surface area contributed by atoms with Crippen molar-refractivity contribution in [1.82, 2.24) is 4.57 Å². The van der Waals surface area contributed by atoms with E-state index in [1.807, 2.05) is 13.8 Å². The van der Waals surface area contributed by atoms with Crippen LogP contribution in [0.2, 0.25) is 5.02 Å². The van der Waals surface area contributed by atoms with Crippen LogP contribution in [0.4, 0.5) is 5.69 Å². The van der Waals surface area contributed by atoms with Crippen LogP contribution in [0.15, 0.2) is 52.7 Å². The average Bonchev–Trinajstić information content (AvgIpc) is 2.95. The lowest BCUT2D eigenvalue weighted by atomic mass is 10.2. The number of hydrogen-bond acceptors (Lipinski definition) is 5. The molecule has 3 rings (SSSR count). The molecule has 1 amide bonds. The predicted molar refractivity (Wildman–Crippen MR) is 107 cm³/mol. The van der Waals surface area contributed by atoms with E-state index in [1.165, 1.54) is 0 Å². The fraction of sp³-hybridized carbons (Fsp3) is 0.250. The smallest absolute Gasteiger partial charge is 0.302 e. The van der Waals surface area contributed by atoms with Gasteiger partial charge in [-0.15, -0.1) is 10.2 Å². The fourth-order valence-corrected chi connectivity index (χ4v) is 3.00. The molecule has 28 heavy (non-hydrogen) atoms. The number of fused-ring (bicyclic) bond motifs is 1. The molecule has 0 atom stereocenters. The van der Waals surface area contributed by atoms with Gasteiger partial charge in [0.15, 0.2) is 12.3 Å². The number of ether oxygens (including phenoxy) is 2. The Bertz CT molecular complexity index is 1030. The van der Waals surface area contributed by atoms with Crippen molar-refractivity contribution < 1.29 is 19.4 Å². The van der Waals surface area contributed by atoms with E-state index < -0.39 is 5.91 Å². The molecule has 0 saturated heterocycles. The Labute approximate surface area is 167 Å². The average molecular weight is 402 g/mol. The monoisotopic (exact) mass is 401 g/mol. The van der Waals surface area contributed by atoms with E-state index >= 15 is 0 Å². The number of hydrogen-bond donors (Lipinski definition) is 1. The van der Waals surface area contributed by atoms with E-state index in [-0.39, 0.29) is 24.2 Å². The highest BCUT2D eigenvalue weighted by atomic mass is 35.5. The number of carbonyl (C=O) groups is 1. The molecule has 0 aliphatic rings. The van der Waals surface area contributed by atoms with Crippen LogP contribution in [-0.2, 0) is 4.79 Å². The van der Waals surface area contributed by atoms with E-state index in [4.69, 9.17) is 21.1 Å². The Kier molecular flexibility index (Phi) is 5.84. The number of methoxy groups -OCH3 is 1. The third-order valence-corrected chi connectivity index (χ3v) is 4.35. The number of aromatic nitrogens is 1. The summed E-state index contributed by atoms with van der Waals surface area (Å²) in [6.45, 7) is 3.59. The van der Waals surface area contributed by atoms with Gasteiger partial charge in [-0.3, -0.25) is 4.79 Å². The van der Waals surface area contributed by atoms with Gasteiger partial charge < -0.3 is 19.1 Å². The van der Waals surface area contributed by atoms with Crippen molar-refractivity contribution in [2.45, 2.75) is 19.9 Å². The number of benzene rings is 2. The first-order valence-electron chi connectivity index (χ1n) is 8.64. The zero-order chi connectivity index (χ0) is 20.3. The SMILES string of the molecule is COc1ccc(OCC(=O)N=Nc2c(O)n(C(C)C)c3ccc(Cl)cc23)cc1. The molecule has 1 aromatic heterocycles. The second-order valence-corrected chi connectivity index (χ2v) is 6.79. The number of nitrogens with zero attached hydrogens (tertiary/aromatic N) is 3. The van der Waals surface area contributed by atoms with Crippen molar-refractivity contribution in [3.05, 3.63) is 47.5 Å². The molecule has 0 aliphatic heterocycles. The van der Waals surface area contributed by atoms with Crippen LogP contribution in [0.25, 0.3) is 10.9 Å². The van der Waals surface area contributed by atoms with Gasteiger partial charge in [0, 0.05) is 16.5 Å². The van der Waals surface area contributed by atoms with Crippen LogP contribution in [-0.4, -0.2) is 29.3 Å². The van der Waals surface area contributed by atoms with Crippen LogP contribution in [0, 0.1) is 0 Å². The molecular formula is C20H20ClN3O4. The molecule has 8 heteroatoms. The second-order valence-electron chi connectivity index (χ2n) is 6.36. The largest absolute Gasteiger partial charge is 0.497 e. The highest BCUT2D eigenvalue weighted by molar-refractivity contribution is 6.31. The number of aromatic hydroxyl groups is 1. The van der Waals surface area contributed by atoms with Crippen molar-refractivity contribution in [2.24, 2.45) is 10.2 Å². The fourth-order valence-electron chi connectivity index (χ4n) is 2.83. The van der Waals surface area contributed by atoms with Gasteiger partial charge in [0.2, 0.25) is 5.88 Å². The van der Waals surface area contributed by atoms with Gasteiger partial charge >= 0.3 is 5.91 Å². The Morgan fingerprint density at radius 1 is 1.18 bits per heavy atom. The molecule has 0 radical (unpaired) electrons. The van der Waals surface area contributed by atoms with Crippen LogP contribution in [0.5, 0.6) is 17.4 Å². The lowest BCUT2D eigenvalue weighted by Gasteiger charge is -2.10. The number of halogens is 1. The van der Waals surface area contributed by atoms with Gasteiger partial charge in [-0.1, -0.05) is 11.6 Å². The van der Waals surface area contributed by atoms with Gasteiger partial charge in [-0.25, -0.2) is 0 Å². The molecule has 7 nitrogen and oxygen atoms in total. The van der Waals surface area contributed by atoms with Crippen molar-refractivity contribution in [3.63, 3.8) is 0 Å². The minimum atomic E-state index is -0.581. The van der Waals surface area contributed by atoms with E-state index in [2.05, 4.69) is 10.2 Å². The minimum Gasteiger partial charge on any atom is -0.497 e. The molecule has 0 spiro atoms. The van der Waals surface area contributed by atoms with Gasteiger partial charge in [0.1, 0.15) is 11.5 Å². The lowest BCUT2D eigenvalue weighted by Crippen LogP contribution is -2.07. The van der Waals surface area contributed by atoms with Gasteiger partial charge in [-0.2, -0.15) is 0 Å². The first kappa shape index (κ1) is 19.7. The Morgan fingerprint density at radius 2 is 1.86 bits per heavy atom. The maximum Gasteiger partial charge on any atom is 0.302 e. The summed E-state index contributed by atoms with van der Waals surface area (Å²) in [4.78, 5) is 12.0. The number of azo groups is 1. The molecule has 1 heterocycles. The predicted octanol–water partition coefficient (Wildman–Crippen LogP) is 5.28. The van der Waals surface area contributed by atoms with Gasteiger partial charge in [0.05, 0.1) is 12.6 Å². The van der Waals surface area contributed by atoms with Gasteiger partial charge in [0.25, 0.3) is 0 Å². The summed E-state index contributed by atoms with van der Waals surface area (Å²) in [5.74, 6) is 0.548. The third-order valence-electron chi connectivity index (χ3n) is 4.11. The van der Waals surface area contributed by atoms with Crippen LogP contribution in [0.1, 0.15) is 19.9 Å². The summed E-state index contributed by atoms with van der Waals surface area (Å²) < 4.78 is 12.2. The molecule has 146 valence electrons. The summed E-state index contributed by atoms with van der Waals surface area (Å²) in [6, 6.07) is 12.0. The third kappa shape index (κ3) is 4.09. The van der Waals surface area contributed by atoms with Crippen molar-refractivity contribution in [1.29, 1.82) is 0 Å². The Hall–Kier alpha value is -3.06. The highest BCUT2D eigenvalue weighted by Crippen LogP contribution is 2.41. The maximum absolute atomic E-state index is 12.0. The Morgan fingerprint density at radius 3 is 2.50 bits per heavy atom. The van der Waals surface area contributed by atoms with E-state index in [9.17, 15) is 9.90 Å². The van der Waals surface area contributed by atoms with Crippen LogP contribution < -0.4 is 9.47 Å². The standard InChI is InChI=1S/C20H20ClN3O4/c1-12(2)24-17-9-4-13(21)10-16(17)19(20(24)26)23-22-18(25)11-28-15-7-5-14(27-3)6-8-15/h4-10,12,26H,11H2,1-3H3. The summed E-state index contributed by atoms with van der Waals surface area (Å²) in [7, 11) is 1.57. The number of carbonyl (C=O) groups excluding carboxylic acids is 1. The zero-order valence-corrected chi connectivity index (χ0v) is 16.5. The normalized spacial score (nSPS) is 11.5. The molecule has 1 N–H and O–H groups in total. The molecule has 3 aromatic rings. The molecule has 0 bridgehead atoms. The summed E-state index contributed by atoms with van der Waals surface area (Å²) >= 11 is 6.07. The maximum atomic E-state index is 12.0. The van der Waals surface area contributed by atoms with E-state index in [0.29, 0.717) is 21.9 Å². The van der Waals surface area contributed by atoms with Crippen LogP contribution >= 0.6 is 11.6 Å². The summed E-state index contributed by atoms with van der Waals surface area (Å²) in [6.07, 6.45) is 0. The topological polar surface area (TPSA) is 85.4 Å². The highest BCUT2D eigenvalue weighted by Gasteiger charge is 2.19. The quantitative estimate of drug-likeness (QED) is 0.569. The molecule has 0 saturated carbocycles. The summed E-state index contributed by atoms with van der Waals surface area (Å²) in [5, 5.41) is 19.3. The first-order valence-corrected chi connectivity index (χ1v) is 9.02. The van der Waals surface area contributed by atoms with E-state index in [0.717, 1.165) is 5.52 Å². The first-order chi connectivity index (χ1) is 13.4. The molecule has 0 aliphatic carbocycles. The molecular weight excluding hydrogens is 382 g/mol. The van der Waals surface area contributed by atoms with Crippen molar-refractivity contribution >= 4 is 34.1 Å². The van der Waals surface area contributed by atoms with Gasteiger partial charge in [-0.05, 0) is 56.3 Å². The lowest BCUT2D eigenvalue weighted by molar-refractivity contribution is -0.120. The summed E-state index contributed by atoms with van der Waals surface area (Å²) in [5.41, 5.74) is 0.955. The number of amides is 1.